The molecule has 0 bridgehead atoms. The molecule has 14 heavy (non-hydrogen) atoms. The smallest absolute Gasteiger partial charge is 0.354 e. The molecule has 1 aromatic rings. The van der Waals surface area contributed by atoms with Crippen LogP contribution in [0, 0.1) is 0 Å². The molecule has 0 saturated heterocycles. The van der Waals surface area contributed by atoms with Gasteiger partial charge >= 0.3 is 5.97 Å². The molecule has 5 nitrogen and oxygen atoms in total. The second-order valence-electron chi connectivity index (χ2n) is 2.46. The van der Waals surface area contributed by atoms with Crippen molar-refractivity contribution in [2.24, 2.45) is 0 Å². The molecule has 0 aliphatic rings. The Morgan fingerprint density at radius 1 is 1.57 bits per heavy atom. The summed E-state index contributed by atoms with van der Waals surface area (Å²) >= 11 is 1.33. The summed E-state index contributed by atoms with van der Waals surface area (Å²) in [5, 5.41) is 17.6. The Morgan fingerprint density at radius 3 is 3.00 bits per heavy atom. The molecule has 0 aliphatic heterocycles. The third kappa shape index (κ3) is 3.31. The molecule has 1 heterocycles. The average molecular weight is 214 g/mol. The van der Waals surface area contributed by atoms with E-state index in [9.17, 15) is 4.79 Å². The molecule has 0 aromatic carbocycles. The molecule has 0 radical (unpaired) electrons. The average Bonchev–Trinajstić information content (AvgIpc) is 2.19. The maximum absolute atomic E-state index is 10.5. The van der Waals surface area contributed by atoms with Crippen LogP contribution in [0.5, 0.6) is 0 Å². The van der Waals surface area contributed by atoms with Crippen LogP contribution in [0.4, 0.5) is 0 Å². The largest absolute Gasteiger partial charge is 0.477 e. The van der Waals surface area contributed by atoms with Crippen LogP contribution < -0.4 is 0 Å². The van der Waals surface area contributed by atoms with Crippen molar-refractivity contribution in [1.29, 1.82) is 0 Å². The molecular weight excluding hydrogens is 204 g/mol. The molecule has 0 atom stereocenters. The Kier molecular flexibility index (Phi) is 4.34. The predicted molar refractivity (Wildman–Crippen MR) is 51.4 cm³/mol. The lowest BCUT2D eigenvalue weighted by Gasteiger charge is -1.99. The molecule has 0 unspecified atom stereocenters. The van der Waals surface area contributed by atoms with E-state index in [1.54, 1.807) is 0 Å². The van der Waals surface area contributed by atoms with Crippen molar-refractivity contribution in [3.05, 3.63) is 18.0 Å². The first kappa shape index (κ1) is 10.9. The summed E-state index contributed by atoms with van der Waals surface area (Å²) in [5.41, 5.74) is -0.00787. The molecule has 6 heteroatoms. The fraction of sp³-hybridized carbons (Fsp3) is 0.375. The van der Waals surface area contributed by atoms with Crippen LogP contribution in [0.1, 0.15) is 16.9 Å². The van der Waals surface area contributed by atoms with Gasteiger partial charge in [-0.3, -0.25) is 0 Å². The Labute approximate surface area is 85.2 Å². The molecule has 0 saturated carbocycles. The topological polar surface area (TPSA) is 83.3 Å². The van der Waals surface area contributed by atoms with E-state index in [0.717, 1.165) is 0 Å². The SMILES string of the molecule is O=C(O)c1ccnc(SCCCO)n1. The minimum Gasteiger partial charge on any atom is -0.477 e. The fourth-order valence-corrected chi connectivity index (χ4v) is 1.51. The number of aromatic carboxylic acids is 1. The van der Waals surface area contributed by atoms with Crippen molar-refractivity contribution < 1.29 is 15.0 Å². The van der Waals surface area contributed by atoms with Crippen LogP contribution in [0.3, 0.4) is 0 Å². The predicted octanol–water partition coefficient (Wildman–Crippen LogP) is 0.649. The molecule has 0 aliphatic carbocycles. The van der Waals surface area contributed by atoms with Gasteiger partial charge in [-0.2, -0.15) is 0 Å². The molecule has 2 N–H and O–H groups in total. The summed E-state index contributed by atoms with van der Waals surface area (Å²) in [6.45, 7) is 0.117. The van der Waals surface area contributed by atoms with E-state index in [4.69, 9.17) is 10.2 Å². The quantitative estimate of drug-likeness (QED) is 0.425. The van der Waals surface area contributed by atoms with E-state index in [1.807, 2.05) is 0 Å². The summed E-state index contributed by atoms with van der Waals surface area (Å²) < 4.78 is 0. The standard InChI is InChI=1S/C8H10N2O3S/c11-4-1-5-14-8-9-3-2-6(10-8)7(12)13/h2-3,11H,1,4-5H2,(H,12,13). The van der Waals surface area contributed by atoms with Gasteiger partial charge in [-0.15, -0.1) is 0 Å². The minimum atomic E-state index is -1.06. The zero-order chi connectivity index (χ0) is 10.4. The number of carbonyl (C=O) groups is 1. The number of thioether (sulfide) groups is 1. The summed E-state index contributed by atoms with van der Waals surface area (Å²) in [6.07, 6.45) is 2.06. The van der Waals surface area contributed by atoms with E-state index in [1.165, 1.54) is 24.0 Å². The Bertz CT molecular complexity index is 319. The Balaban J connectivity index is 2.59. The molecule has 0 fully saturated rings. The lowest BCUT2D eigenvalue weighted by molar-refractivity contribution is 0.0689. The van der Waals surface area contributed by atoms with Crippen molar-refractivity contribution in [3.8, 4) is 0 Å². The summed E-state index contributed by atoms with van der Waals surface area (Å²) in [5.74, 6) is -0.379. The number of aromatic nitrogens is 2. The van der Waals surface area contributed by atoms with Gasteiger partial charge in [0, 0.05) is 18.6 Å². The molecule has 0 amide bonds. The highest BCUT2D eigenvalue weighted by Crippen LogP contribution is 2.13. The fourth-order valence-electron chi connectivity index (χ4n) is 0.757. The summed E-state index contributed by atoms with van der Waals surface area (Å²) in [6, 6.07) is 1.35. The van der Waals surface area contributed by atoms with E-state index in [2.05, 4.69) is 9.97 Å². The maximum atomic E-state index is 10.5. The molecular formula is C8H10N2O3S. The number of carboxylic acid groups (broad SMARTS) is 1. The number of aliphatic hydroxyl groups excluding tert-OH is 1. The van der Waals surface area contributed by atoms with Crippen LogP contribution in [0.2, 0.25) is 0 Å². The van der Waals surface area contributed by atoms with Crippen molar-refractivity contribution in [2.75, 3.05) is 12.4 Å². The lowest BCUT2D eigenvalue weighted by Crippen LogP contribution is -2.02. The van der Waals surface area contributed by atoms with Crippen molar-refractivity contribution >= 4 is 17.7 Å². The first-order valence-electron chi connectivity index (χ1n) is 4.04. The highest BCUT2D eigenvalue weighted by atomic mass is 32.2. The highest BCUT2D eigenvalue weighted by molar-refractivity contribution is 7.99. The van der Waals surface area contributed by atoms with Crippen LogP contribution >= 0.6 is 11.8 Å². The van der Waals surface area contributed by atoms with Gasteiger partial charge < -0.3 is 10.2 Å². The number of carboxylic acids is 1. The zero-order valence-electron chi connectivity index (χ0n) is 7.38. The molecule has 76 valence electrons. The first-order valence-corrected chi connectivity index (χ1v) is 5.02. The van der Waals surface area contributed by atoms with Gasteiger partial charge in [0.25, 0.3) is 0 Å². The van der Waals surface area contributed by atoms with Crippen LogP contribution in [0.25, 0.3) is 0 Å². The van der Waals surface area contributed by atoms with E-state index in [-0.39, 0.29) is 12.3 Å². The van der Waals surface area contributed by atoms with Gasteiger partial charge in [0.05, 0.1) is 0 Å². The maximum Gasteiger partial charge on any atom is 0.354 e. The summed E-state index contributed by atoms with van der Waals surface area (Å²) in [4.78, 5) is 18.3. The van der Waals surface area contributed by atoms with Gasteiger partial charge in [0.1, 0.15) is 0 Å². The van der Waals surface area contributed by atoms with Crippen molar-refractivity contribution in [2.45, 2.75) is 11.6 Å². The van der Waals surface area contributed by atoms with Gasteiger partial charge in [-0.25, -0.2) is 14.8 Å². The van der Waals surface area contributed by atoms with E-state index < -0.39 is 5.97 Å². The normalized spacial score (nSPS) is 10.1. The number of hydrogen-bond donors (Lipinski definition) is 2. The minimum absolute atomic E-state index is 0.00787. The van der Waals surface area contributed by atoms with Crippen LogP contribution in [-0.2, 0) is 0 Å². The van der Waals surface area contributed by atoms with Crippen LogP contribution in [0.15, 0.2) is 17.4 Å². The molecule has 1 aromatic heterocycles. The van der Waals surface area contributed by atoms with Crippen molar-refractivity contribution in [3.63, 3.8) is 0 Å². The van der Waals surface area contributed by atoms with Gasteiger partial charge in [0.2, 0.25) is 0 Å². The third-order valence-electron chi connectivity index (χ3n) is 1.39. The molecule has 0 spiro atoms. The van der Waals surface area contributed by atoms with Gasteiger partial charge in [0.15, 0.2) is 10.9 Å². The highest BCUT2D eigenvalue weighted by Gasteiger charge is 2.05. The van der Waals surface area contributed by atoms with Gasteiger partial charge in [-0.1, -0.05) is 11.8 Å². The third-order valence-corrected chi connectivity index (χ3v) is 2.33. The lowest BCUT2D eigenvalue weighted by atomic mass is 10.4. The molecule has 1 rings (SSSR count). The van der Waals surface area contributed by atoms with E-state index in [0.29, 0.717) is 17.3 Å². The van der Waals surface area contributed by atoms with Gasteiger partial charge in [-0.05, 0) is 12.5 Å². The number of aliphatic hydroxyl groups is 1. The number of rotatable bonds is 5. The second-order valence-corrected chi connectivity index (χ2v) is 3.52. The van der Waals surface area contributed by atoms with Crippen molar-refractivity contribution in [1.82, 2.24) is 9.97 Å². The Morgan fingerprint density at radius 2 is 2.36 bits per heavy atom. The zero-order valence-corrected chi connectivity index (χ0v) is 8.20. The van der Waals surface area contributed by atoms with Crippen LogP contribution in [-0.4, -0.2) is 38.5 Å². The second kappa shape index (κ2) is 5.56. The van der Waals surface area contributed by atoms with E-state index >= 15 is 0 Å². The number of nitrogens with zero attached hydrogens (tertiary/aromatic N) is 2. The Hall–Kier alpha value is -1.14. The first-order chi connectivity index (χ1) is 6.74. The number of hydrogen-bond acceptors (Lipinski definition) is 5. The summed E-state index contributed by atoms with van der Waals surface area (Å²) in [7, 11) is 0. The monoisotopic (exact) mass is 214 g/mol.